The Morgan fingerprint density at radius 2 is 1.46 bits per heavy atom. The van der Waals surface area contributed by atoms with E-state index in [1.54, 1.807) is 0 Å². The van der Waals surface area contributed by atoms with Crippen molar-refractivity contribution in [3.63, 3.8) is 0 Å². The van der Waals surface area contributed by atoms with Crippen molar-refractivity contribution in [2.45, 2.75) is 84.0 Å². The molecule has 0 fully saturated rings. The maximum Gasteiger partial charge on any atom is 0.345 e. The van der Waals surface area contributed by atoms with Gasteiger partial charge in [0.25, 0.3) is 0 Å². The van der Waals surface area contributed by atoms with Crippen molar-refractivity contribution in [1.29, 1.82) is 0 Å². The predicted octanol–water partition coefficient (Wildman–Crippen LogP) is 4.93. The van der Waals surface area contributed by atoms with Crippen LogP contribution in [-0.2, 0) is 9.63 Å². The number of primary amides is 1. The standard InChI is InChI=1S/C19H34N2O3/c1-2-3-4-5-6-7-8-9-10-11-12-13-14-15-16-17-18(22)24-21-19(20)23/h6-7,9-10H,2-5,8,11-17H2,1H3,(H3,20,21,23)/b7-6-,10-9-. The fraction of sp³-hybridized carbons (Fsp3) is 0.684. The number of hydrogen-bond donors (Lipinski definition) is 2. The summed E-state index contributed by atoms with van der Waals surface area (Å²) in [5, 5.41) is 0. The van der Waals surface area contributed by atoms with Crippen LogP contribution in [0.15, 0.2) is 24.3 Å². The summed E-state index contributed by atoms with van der Waals surface area (Å²) in [5.41, 5.74) is 6.61. The Morgan fingerprint density at radius 3 is 2.08 bits per heavy atom. The number of hydroxylamine groups is 1. The minimum atomic E-state index is -0.858. The molecule has 0 saturated carbocycles. The summed E-state index contributed by atoms with van der Waals surface area (Å²) < 4.78 is 0. The van der Waals surface area contributed by atoms with Gasteiger partial charge in [0.05, 0.1) is 0 Å². The van der Waals surface area contributed by atoms with Crippen LogP contribution in [0.5, 0.6) is 0 Å². The molecule has 0 aliphatic heterocycles. The summed E-state index contributed by atoms with van der Waals surface area (Å²) in [7, 11) is 0. The molecule has 0 aromatic rings. The lowest BCUT2D eigenvalue weighted by atomic mass is 10.1. The first-order chi connectivity index (χ1) is 11.7. The number of rotatable bonds is 14. The molecule has 0 rings (SSSR count). The van der Waals surface area contributed by atoms with Gasteiger partial charge in [-0.2, -0.15) is 5.48 Å². The van der Waals surface area contributed by atoms with Crippen LogP contribution >= 0.6 is 0 Å². The Morgan fingerprint density at radius 1 is 0.875 bits per heavy atom. The van der Waals surface area contributed by atoms with E-state index in [2.05, 4.69) is 36.1 Å². The smallest absolute Gasteiger partial charge is 0.345 e. The molecule has 0 bridgehead atoms. The van der Waals surface area contributed by atoms with E-state index in [4.69, 9.17) is 5.73 Å². The van der Waals surface area contributed by atoms with Crippen LogP contribution in [0, 0.1) is 0 Å². The number of carbonyl (C=O) groups is 2. The third-order valence-electron chi connectivity index (χ3n) is 3.60. The van der Waals surface area contributed by atoms with E-state index in [1.165, 1.54) is 38.5 Å². The quantitative estimate of drug-likeness (QED) is 0.268. The molecule has 0 spiro atoms. The second-order valence-electron chi connectivity index (χ2n) is 5.92. The minimum Gasteiger partial charge on any atom is -0.349 e. The Kier molecular flexibility index (Phi) is 16.3. The molecule has 0 saturated heterocycles. The Labute approximate surface area is 146 Å². The van der Waals surface area contributed by atoms with Crippen LogP contribution < -0.4 is 11.2 Å². The molecular formula is C19H34N2O3. The summed E-state index contributed by atoms with van der Waals surface area (Å²) in [6.45, 7) is 2.23. The Hall–Kier alpha value is -1.78. The van der Waals surface area contributed by atoms with E-state index in [0.29, 0.717) is 6.42 Å². The van der Waals surface area contributed by atoms with E-state index < -0.39 is 12.0 Å². The number of nitrogens with one attached hydrogen (secondary N) is 1. The largest absolute Gasteiger partial charge is 0.349 e. The zero-order valence-corrected chi connectivity index (χ0v) is 15.1. The van der Waals surface area contributed by atoms with E-state index in [1.807, 2.05) is 5.48 Å². The summed E-state index contributed by atoms with van der Waals surface area (Å²) in [6, 6.07) is -0.858. The first-order valence-corrected chi connectivity index (χ1v) is 9.22. The van der Waals surface area contributed by atoms with Gasteiger partial charge in [0.15, 0.2) is 0 Å². The lowest BCUT2D eigenvalue weighted by Crippen LogP contribution is -2.31. The van der Waals surface area contributed by atoms with Gasteiger partial charge in [0, 0.05) is 6.42 Å². The van der Waals surface area contributed by atoms with E-state index in [9.17, 15) is 9.59 Å². The third kappa shape index (κ3) is 18.3. The van der Waals surface area contributed by atoms with Gasteiger partial charge < -0.3 is 10.6 Å². The number of nitrogens with two attached hydrogens (primary N) is 1. The summed E-state index contributed by atoms with van der Waals surface area (Å²) in [4.78, 5) is 26.0. The highest BCUT2D eigenvalue weighted by molar-refractivity contribution is 5.75. The van der Waals surface area contributed by atoms with Crippen molar-refractivity contribution in [1.82, 2.24) is 5.48 Å². The highest BCUT2D eigenvalue weighted by atomic mass is 16.7. The molecule has 0 aliphatic rings. The lowest BCUT2D eigenvalue weighted by molar-refractivity contribution is -0.148. The fourth-order valence-corrected chi connectivity index (χ4v) is 2.24. The highest BCUT2D eigenvalue weighted by Gasteiger charge is 2.03. The molecule has 0 aromatic heterocycles. The van der Waals surface area contributed by atoms with Crippen LogP contribution in [0.1, 0.15) is 84.0 Å². The average Bonchev–Trinajstić information content (AvgIpc) is 2.56. The van der Waals surface area contributed by atoms with Crippen LogP contribution in [0.3, 0.4) is 0 Å². The van der Waals surface area contributed by atoms with Gasteiger partial charge in [-0.1, -0.05) is 63.3 Å². The van der Waals surface area contributed by atoms with E-state index in [-0.39, 0.29) is 0 Å². The number of hydrogen-bond acceptors (Lipinski definition) is 3. The summed E-state index contributed by atoms with van der Waals surface area (Å²) >= 11 is 0. The highest BCUT2D eigenvalue weighted by Crippen LogP contribution is 2.08. The maximum absolute atomic E-state index is 11.2. The van der Waals surface area contributed by atoms with Crippen LogP contribution in [0.2, 0.25) is 0 Å². The van der Waals surface area contributed by atoms with Crippen molar-refractivity contribution in [2.75, 3.05) is 0 Å². The average molecular weight is 338 g/mol. The zero-order chi connectivity index (χ0) is 17.9. The SMILES string of the molecule is CCCCC/C=C\C/C=C\CCCCCCCC(=O)ONC(N)=O. The zero-order valence-electron chi connectivity index (χ0n) is 15.1. The number of urea groups is 1. The fourth-order valence-electron chi connectivity index (χ4n) is 2.24. The monoisotopic (exact) mass is 338 g/mol. The van der Waals surface area contributed by atoms with Gasteiger partial charge in [0.2, 0.25) is 0 Å². The first kappa shape index (κ1) is 22.2. The molecule has 0 radical (unpaired) electrons. The molecule has 0 unspecified atom stereocenters. The second kappa shape index (κ2) is 17.6. The lowest BCUT2D eigenvalue weighted by Gasteiger charge is -2.02. The molecule has 0 aliphatic carbocycles. The molecule has 138 valence electrons. The number of amides is 2. The van der Waals surface area contributed by atoms with E-state index >= 15 is 0 Å². The van der Waals surface area contributed by atoms with E-state index in [0.717, 1.165) is 32.1 Å². The maximum atomic E-state index is 11.2. The van der Waals surface area contributed by atoms with Crippen LogP contribution in [0.4, 0.5) is 4.79 Å². The van der Waals surface area contributed by atoms with Gasteiger partial charge in [-0.15, -0.1) is 0 Å². The van der Waals surface area contributed by atoms with Gasteiger partial charge in [-0.25, -0.2) is 9.59 Å². The molecule has 0 atom stereocenters. The van der Waals surface area contributed by atoms with Gasteiger partial charge >= 0.3 is 12.0 Å². The van der Waals surface area contributed by atoms with Crippen LogP contribution in [-0.4, -0.2) is 12.0 Å². The van der Waals surface area contributed by atoms with Crippen molar-refractivity contribution in [2.24, 2.45) is 5.73 Å². The number of unbranched alkanes of at least 4 members (excludes halogenated alkanes) is 8. The normalized spacial score (nSPS) is 11.2. The molecular weight excluding hydrogens is 304 g/mol. The molecule has 2 amide bonds. The topological polar surface area (TPSA) is 81.4 Å². The molecule has 0 aromatic carbocycles. The number of allylic oxidation sites excluding steroid dienone is 4. The Balaban J connectivity index is 3.28. The second-order valence-corrected chi connectivity index (χ2v) is 5.92. The first-order valence-electron chi connectivity index (χ1n) is 9.22. The van der Waals surface area contributed by atoms with Crippen molar-refractivity contribution in [3.8, 4) is 0 Å². The number of carbonyl (C=O) groups excluding carboxylic acids is 2. The van der Waals surface area contributed by atoms with Gasteiger partial charge in [-0.3, -0.25) is 0 Å². The summed E-state index contributed by atoms with van der Waals surface area (Å²) in [5.74, 6) is -0.445. The van der Waals surface area contributed by atoms with Crippen molar-refractivity contribution >= 4 is 12.0 Å². The van der Waals surface area contributed by atoms with Crippen molar-refractivity contribution < 1.29 is 14.4 Å². The minimum absolute atomic E-state index is 0.310. The molecule has 3 N–H and O–H groups in total. The van der Waals surface area contributed by atoms with Gasteiger partial charge in [-0.05, 0) is 38.5 Å². The third-order valence-corrected chi connectivity index (χ3v) is 3.60. The molecule has 24 heavy (non-hydrogen) atoms. The Bertz CT molecular complexity index is 379. The molecule has 5 heteroatoms. The molecule has 0 heterocycles. The molecule has 5 nitrogen and oxygen atoms in total. The predicted molar refractivity (Wildman–Crippen MR) is 98.2 cm³/mol. The van der Waals surface area contributed by atoms with Crippen molar-refractivity contribution in [3.05, 3.63) is 24.3 Å². The summed E-state index contributed by atoms with van der Waals surface area (Å²) in [6.07, 6.45) is 21.8. The van der Waals surface area contributed by atoms with Gasteiger partial charge in [0.1, 0.15) is 0 Å². The van der Waals surface area contributed by atoms with Crippen LogP contribution in [0.25, 0.3) is 0 Å².